The number of ether oxygens (including phenoxy) is 2. The van der Waals surface area contributed by atoms with Crippen LogP contribution in [0.3, 0.4) is 0 Å². The van der Waals surface area contributed by atoms with Gasteiger partial charge < -0.3 is 19.1 Å². The maximum atomic E-state index is 9.89. The van der Waals surface area contributed by atoms with Crippen molar-refractivity contribution in [2.24, 2.45) is 0 Å². The van der Waals surface area contributed by atoms with E-state index in [0.717, 1.165) is 0 Å². The summed E-state index contributed by atoms with van der Waals surface area (Å²) in [5, 5.41) is 14.4. The van der Waals surface area contributed by atoms with Gasteiger partial charge in [0.1, 0.15) is 11.4 Å². The van der Waals surface area contributed by atoms with Gasteiger partial charge in [0.15, 0.2) is 0 Å². The van der Waals surface area contributed by atoms with E-state index in [1.165, 1.54) is 6.07 Å². The maximum Gasteiger partial charge on any atom is 0.261 e. The monoisotopic (exact) mass is 310 g/mol. The number of hydrogen-bond donors (Lipinski definition) is 1. The summed E-state index contributed by atoms with van der Waals surface area (Å²) in [4.78, 5) is 4.37. The molecule has 1 N–H and O–H groups in total. The molecule has 0 unspecified atom stereocenters. The first kappa shape index (κ1) is 14.3. The number of methoxy groups -OCH3 is 1. The molecule has 0 atom stereocenters. The summed E-state index contributed by atoms with van der Waals surface area (Å²) in [6.45, 7) is 1.17. The molecule has 0 amide bonds. The highest BCUT2D eigenvalue weighted by Gasteiger charge is 2.39. The predicted octanol–water partition coefficient (Wildman–Crippen LogP) is 2.75. The van der Waals surface area contributed by atoms with Crippen molar-refractivity contribution < 1.29 is 19.1 Å². The van der Waals surface area contributed by atoms with E-state index in [4.69, 9.17) is 25.6 Å². The number of benzene rings is 1. The van der Waals surface area contributed by atoms with Crippen LogP contribution in [0.1, 0.15) is 18.7 Å². The van der Waals surface area contributed by atoms with Gasteiger partial charge in [-0.1, -0.05) is 16.8 Å². The molecule has 0 saturated carbocycles. The lowest BCUT2D eigenvalue weighted by atomic mass is 9.93. The summed E-state index contributed by atoms with van der Waals surface area (Å²) in [6.07, 6.45) is 1.31. The van der Waals surface area contributed by atoms with Crippen LogP contribution in [0.15, 0.2) is 22.7 Å². The molecule has 1 aromatic carbocycles. The Hall–Kier alpha value is -1.63. The third-order valence-electron chi connectivity index (χ3n) is 3.71. The standard InChI is InChI=1S/C14H15ClN2O4/c1-19-14(4-6-20-7-5-14)13-16-12(21-17-13)10-8-9(15)2-3-11(10)18/h2-3,8,18H,4-7H2,1H3. The number of hydrogen-bond acceptors (Lipinski definition) is 6. The molecule has 0 bridgehead atoms. The third kappa shape index (κ3) is 2.62. The molecule has 0 spiro atoms. The highest BCUT2D eigenvalue weighted by Crippen LogP contribution is 2.36. The second-order valence-corrected chi connectivity index (χ2v) is 5.33. The van der Waals surface area contributed by atoms with Crippen LogP contribution in [0.5, 0.6) is 5.75 Å². The minimum atomic E-state index is -0.603. The summed E-state index contributed by atoms with van der Waals surface area (Å²) in [5.74, 6) is 0.712. The summed E-state index contributed by atoms with van der Waals surface area (Å²) >= 11 is 5.93. The van der Waals surface area contributed by atoms with E-state index in [9.17, 15) is 5.11 Å². The van der Waals surface area contributed by atoms with Crippen molar-refractivity contribution in [3.8, 4) is 17.2 Å². The van der Waals surface area contributed by atoms with Gasteiger partial charge in [-0.05, 0) is 18.2 Å². The molecule has 1 aliphatic rings. The van der Waals surface area contributed by atoms with Gasteiger partial charge in [-0.3, -0.25) is 0 Å². The van der Waals surface area contributed by atoms with Crippen LogP contribution in [-0.2, 0) is 15.1 Å². The fraction of sp³-hybridized carbons (Fsp3) is 0.429. The first-order valence-electron chi connectivity index (χ1n) is 6.60. The van der Waals surface area contributed by atoms with Crippen LogP contribution >= 0.6 is 11.6 Å². The fourth-order valence-corrected chi connectivity index (χ4v) is 2.59. The quantitative estimate of drug-likeness (QED) is 0.939. The first-order valence-corrected chi connectivity index (χ1v) is 6.98. The molecule has 1 aromatic heterocycles. The highest BCUT2D eigenvalue weighted by atomic mass is 35.5. The van der Waals surface area contributed by atoms with Gasteiger partial charge in [0.25, 0.3) is 5.89 Å². The van der Waals surface area contributed by atoms with Gasteiger partial charge in [-0.2, -0.15) is 4.98 Å². The Kier molecular flexibility index (Phi) is 3.84. The Bertz CT molecular complexity index is 638. The van der Waals surface area contributed by atoms with Crippen LogP contribution in [-0.4, -0.2) is 35.6 Å². The first-order chi connectivity index (χ1) is 10.1. The van der Waals surface area contributed by atoms with Gasteiger partial charge in [0, 0.05) is 38.2 Å². The molecule has 21 heavy (non-hydrogen) atoms. The smallest absolute Gasteiger partial charge is 0.261 e. The summed E-state index contributed by atoms with van der Waals surface area (Å²) in [5.41, 5.74) is -0.201. The molecule has 1 fully saturated rings. The van der Waals surface area contributed by atoms with Gasteiger partial charge in [-0.15, -0.1) is 0 Å². The molecule has 0 radical (unpaired) electrons. The van der Waals surface area contributed by atoms with E-state index in [0.29, 0.717) is 42.5 Å². The van der Waals surface area contributed by atoms with Gasteiger partial charge in [0.2, 0.25) is 5.82 Å². The molecule has 1 saturated heterocycles. The average Bonchev–Trinajstić information content (AvgIpc) is 3.00. The van der Waals surface area contributed by atoms with E-state index in [1.54, 1.807) is 19.2 Å². The number of phenolic OH excluding ortho intramolecular Hbond substituents is 1. The lowest BCUT2D eigenvalue weighted by molar-refractivity contribution is -0.101. The SMILES string of the molecule is COC1(c2noc(-c3cc(Cl)ccc3O)n2)CCOCC1. The van der Waals surface area contributed by atoms with Crippen molar-refractivity contribution in [2.75, 3.05) is 20.3 Å². The van der Waals surface area contributed by atoms with Crippen LogP contribution in [0.2, 0.25) is 5.02 Å². The minimum Gasteiger partial charge on any atom is -0.507 e. The Morgan fingerprint density at radius 1 is 1.33 bits per heavy atom. The number of aromatic hydroxyl groups is 1. The number of rotatable bonds is 3. The summed E-state index contributed by atoms with van der Waals surface area (Å²) in [7, 11) is 1.62. The van der Waals surface area contributed by atoms with Crippen LogP contribution in [0, 0.1) is 0 Å². The van der Waals surface area contributed by atoms with Crippen molar-refractivity contribution >= 4 is 11.6 Å². The van der Waals surface area contributed by atoms with E-state index in [-0.39, 0.29) is 11.6 Å². The Labute approximate surface area is 126 Å². The van der Waals surface area contributed by atoms with Crippen molar-refractivity contribution in [3.63, 3.8) is 0 Å². The van der Waals surface area contributed by atoms with Crippen molar-refractivity contribution in [3.05, 3.63) is 29.0 Å². The van der Waals surface area contributed by atoms with E-state index in [1.807, 2.05) is 0 Å². The molecule has 6 nitrogen and oxygen atoms in total. The largest absolute Gasteiger partial charge is 0.507 e. The number of nitrogens with zero attached hydrogens (tertiary/aromatic N) is 2. The van der Waals surface area contributed by atoms with Crippen LogP contribution in [0.4, 0.5) is 0 Å². The molecule has 0 aliphatic carbocycles. The molecule has 1 aliphatic heterocycles. The zero-order chi connectivity index (χ0) is 14.9. The van der Waals surface area contributed by atoms with E-state index >= 15 is 0 Å². The Morgan fingerprint density at radius 2 is 2.10 bits per heavy atom. The molecule has 2 heterocycles. The van der Waals surface area contributed by atoms with Gasteiger partial charge in [0.05, 0.1) is 5.56 Å². The normalized spacial score (nSPS) is 17.8. The highest BCUT2D eigenvalue weighted by molar-refractivity contribution is 6.30. The number of aromatic nitrogens is 2. The zero-order valence-electron chi connectivity index (χ0n) is 11.5. The van der Waals surface area contributed by atoms with Gasteiger partial charge >= 0.3 is 0 Å². The molecule has 7 heteroatoms. The lowest BCUT2D eigenvalue weighted by Gasteiger charge is -2.32. The predicted molar refractivity (Wildman–Crippen MR) is 75.1 cm³/mol. The van der Waals surface area contributed by atoms with Crippen LogP contribution < -0.4 is 0 Å². The zero-order valence-corrected chi connectivity index (χ0v) is 12.3. The molecular formula is C14H15ClN2O4. The molecule has 3 rings (SSSR count). The van der Waals surface area contributed by atoms with Crippen molar-refractivity contribution in [1.82, 2.24) is 10.1 Å². The van der Waals surface area contributed by atoms with E-state index in [2.05, 4.69) is 10.1 Å². The Morgan fingerprint density at radius 3 is 2.81 bits per heavy atom. The average molecular weight is 311 g/mol. The van der Waals surface area contributed by atoms with E-state index < -0.39 is 5.60 Å². The fourth-order valence-electron chi connectivity index (χ4n) is 2.42. The topological polar surface area (TPSA) is 77.6 Å². The number of phenols is 1. The lowest BCUT2D eigenvalue weighted by Crippen LogP contribution is -2.36. The molecule has 112 valence electrons. The summed E-state index contributed by atoms with van der Waals surface area (Å²) < 4.78 is 16.2. The van der Waals surface area contributed by atoms with Crippen molar-refractivity contribution in [2.45, 2.75) is 18.4 Å². The Balaban J connectivity index is 1.97. The second-order valence-electron chi connectivity index (χ2n) is 4.90. The molecular weight excluding hydrogens is 296 g/mol. The minimum absolute atomic E-state index is 0.0352. The third-order valence-corrected chi connectivity index (χ3v) is 3.95. The van der Waals surface area contributed by atoms with Crippen molar-refractivity contribution in [1.29, 1.82) is 0 Å². The van der Waals surface area contributed by atoms with Crippen LogP contribution in [0.25, 0.3) is 11.5 Å². The second kappa shape index (κ2) is 5.63. The van der Waals surface area contributed by atoms with Gasteiger partial charge in [-0.25, -0.2) is 0 Å². The number of halogens is 1. The maximum absolute atomic E-state index is 9.89. The molecule has 2 aromatic rings. The summed E-state index contributed by atoms with van der Waals surface area (Å²) in [6, 6.07) is 4.66.